The van der Waals surface area contributed by atoms with Gasteiger partial charge >= 0.3 is 12.3 Å². The summed E-state index contributed by atoms with van der Waals surface area (Å²) in [5.74, 6) is -1.35. The molecule has 1 saturated heterocycles. The number of carbonyl (C=O) groups excluding carboxylic acids is 1. The lowest BCUT2D eigenvalue weighted by atomic mass is 9.79. The smallest absolute Gasteiger partial charge is 0.480 e. The zero-order chi connectivity index (χ0) is 29.5. The second-order valence-corrected chi connectivity index (χ2v) is 11.6. The van der Waals surface area contributed by atoms with Crippen molar-refractivity contribution >= 4 is 34.5 Å². The molecular formula is C28H31ClF3N5O4. The van der Waals surface area contributed by atoms with Crippen molar-refractivity contribution in [3.8, 4) is 5.75 Å². The van der Waals surface area contributed by atoms with Crippen LogP contribution in [-0.4, -0.2) is 93.4 Å². The van der Waals surface area contributed by atoms with E-state index >= 15 is 0 Å². The molecule has 1 N–H and O–H groups in total. The maximum atomic E-state index is 13.5. The predicted octanol–water partition coefficient (Wildman–Crippen LogP) is 3.96. The molecule has 0 spiro atoms. The number of halogens is 4. The van der Waals surface area contributed by atoms with Crippen molar-refractivity contribution in [2.24, 2.45) is 0 Å². The Balaban J connectivity index is 1.40. The number of aromatic nitrogens is 2. The monoisotopic (exact) mass is 593 g/mol. The lowest BCUT2D eigenvalue weighted by Crippen LogP contribution is -2.53. The normalized spacial score (nSPS) is 18.0. The van der Waals surface area contributed by atoms with Gasteiger partial charge in [-0.3, -0.25) is 19.4 Å². The number of hydrogen-bond donors (Lipinski definition) is 1. The summed E-state index contributed by atoms with van der Waals surface area (Å²) in [6.45, 7) is 7.97. The first-order valence-corrected chi connectivity index (χ1v) is 13.6. The molecule has 1 fully saturated rings. The number of benzene rings is 1. The van der Waals surface area contributed by atoms with Crippen molar-refractivity contribution in [1.82, 2.24) is 24.3 Å². The minimum Gasteiger partial charge on any atom is -0.480 e. The van der Waals surface area contributed by atoms with E-state index in [9.17, 15) is 22.8 Å². The highest BCUT2D eigenvalue weighted by atomic mass is 35.5. The Bertz CT molecular complexity index is 1470. The molecule has 2 aliphatic heterocycles. The van der Waals surface area contributed by atoms with E-state index in [4.69, 9.17) is 16.7 Å². The molecule has 2 aromatic heterocycles. The highest BCUT2D eigenvalue weighted by molar-refractivity contribution is 6.32. The van der Waals surface area contributed by atoms with Crippen molar-refractivity contribution in [2.45, 2.75) is 38.7 Å². The first-order valence-electron chi connectivity index (χ1n) is 13.3. The van der Waals surface area contributed by atoms with Crippen LogP contribution in [0.25, 0.3) is 11.0 Å². The number of fused-ring (bicyclic) bond motifs is 3. The summed E-state index contributed by atoms with van der Waals surface area (Å²) in [5.41, 5.74) is 3.01. The largest absolute Gasteiger partial charge is 0.573 e. The van der Waals surface area contributed by atoms with Gasteiger partial charge < -0.3 is 19.3 Å². The standard InChI is InChI=1S/C28H31ClF3N5O4/c1-27(2)17-36(23(38)15-34-8-10-35(11-9-34)16-24(39)40)14-21-25(27)19-4-3-7-33-26(19)37(21)13-18-5-6-22(20(29)12-18)41-28(30,31)32/h3-7,12H,8-11,13-17H2,1-2H3,(H,39,40). The third-order valence-electron chi connectivity index (χ3n) is 7.63. The fourth-order valence-electron chi connectivity index (χ4n) is 5.91. The van der Waals surface area contributed by atoms with Gasteiger partial charge in [-0.1, -0.05) is 31.5 Å². The van der Waals surface area contributed by atoms with E-state index in [0.29, 0.717) is 51.4 Å². The van der Waals surface area contributed by atoms with E-state index in [1.807, 2.05) is 31.4 Å². The molecule has 0 radical (unpaired) electrons. The van der Waals surface area contributed by atoms with Crippen molar-refractivity contribution in [3.05, 3.63) is 58.4 Å². The van der Waals surface area contributed by atoms with E-state index in [-0.39, 0.29) is 24.0 Å². The molecule has 4 heterocycles. The van der Waals surface area contributed by atoms with Crippen LogP contribution in [0.15, 0.2) is 36.5 Å². The molecule has 41 heavy (non-hydrogen) atoms. The Labute approximate surface area is 240 Å². The molecule has 0 aliphatic carbocycles. The van der Waals surface area contributed by atoms with Crippen LogP contribution in [0, 0.1) is 0 Å². The number of amides is 1. The molecule has 0 atom stereocenters. The van der Waals surface area contributed by atoms with Crippen LogP contribution in [-0.2, 0) is 28.1 Å². The van der Waals surface area contributed by atoms with E-state index < -0.39 is 23.5 Å². The third-order valence-corrected chi connectivity index (χ3v) is 7.92. The van der Waals surface area contributed by atoms with Crippen LogP contribution in [0.4, 0.5) is 13.2 Å². The van der Waals surface area contributed by atoms with E-state index in [2.05, 4.69) is 23.6 Å². The Morgan fingerprint density at radius 1 is 1.10 bits per heavy atom. The second-order valence-electron chi connectivity index (χ2n) is 11.2. The van der Waals surface area contributed by atoms with E-state index in [0.717, 1.165) is 22.3 Å². The lowest BCUT2D eigenvalue weighted by Gasteiger charge is -2.40. The van der Waals surface area contributed by atoms with Gasteiger partial charge in [-0.25, -0.2) is 4.98 Å². The maximum absolute atomic E-state index is 13.5. The number of nitrogens with zero attached hydrogens (tertiary/aromatic N) is 5. The fourth-order valence-corrected chi connectivity index (χ4v) is 6.15. The number of carboxylic acid groups (broad SMARTS) is 1. The molecule has 2 aliphatic rings. The van der Waals surface area contributed by atoms with Gasteiger partial charge in [0.25, 0.3) is 0 Å². The summed E-state index contributed by atoms with van der Waals surface area (Å²) >= 11 is 6.13. The first-order chi connectivity index (χ1) is 19.3. The molecule has 5 rings (SSSR count). The highest BCUT2D eigenvalue weighted by Crippen LogP contribution is 2.41. The summed E-state index contributed by atoms with van der Waals surface area (Å²) in [4.78, 5) is 34.9. The average molecular weight is 594 g/mol. The van der Waals surface area contributed by atoms with Crippen LogP contribution < -0.4 is 4.74 Å². The Morgan fingerprint density at radius 2 is 1.78 bits per heavy atom. The number of piperazine rings is 1. The predicted molar refractivity (Wildman–Crippen MR) is 146 cm³/mol. The molecule has 1 amide bonds. The van der Waals surface area contributed by atoms with Gasteiger partial charge in [0.1, 0.15) is 11.4 Å². The SMILES string of the molecule is CC1(C)CN(C(=O)CN2CCN(CC(=O)O)CC2)Cc2c1c1cccnc1n2Cc1ccc(OC(F)(F)F)c(Cl)c1. The van der Waals surface area contributed by atoms with Crippen LogP contribution in [0.5, 0.6) is 5.75 Å². The lowest BCUT2D eigenvalue weighted by molar-refractivity contribution is -0.274. The van der Waals surface area contributed by atoms with Gasteiger partial charge in [-0.15, -0.1) is 13.2 Å². The summed E-state index contributed by atoms with van der Waals surface area (Å²) in [5, 5.41) is 9.85. The van der Waals surface area contributed by atoms with E-state index in [1.54, 1.807) is 6.20 Å². The number of carboxylic acids is 1. The molecule has 13 heteroatoms. The summed E-state index contributed by atoms with van der Waals surface area (Å²) in [6.07, 6.45) is -3.16. The number of ether oxygens (including phenoxy) is 1. The average Bonchev–Trinajstić information content (AvgIpc) is 3.20. The number of alkyl halides is 3. The molecule has 0 saturated carbocycles. The minimum absolute atomic E-state index is 0.00719. The zero-order valence-corrected chi connectivity index (χ0v) is 23.5. The second kappa shape index (κ2) is 11.1. The number of rotatable bonds is 7. The van der Waals surface area contributed by atoms with Crippen LogP contribution >= 0.6 is 11.6 Å². The van der Waals surface area contributed by atoms with Crippen molar-refractivity contribution in [2.75, 3.05) is 45.8 Å². The van der Waals surface area contributed by atoms with Crippen LogP contribution in [0.2, 0.25) is 5.02 Å². The van der Waals surface area contributed by atoms with Gasteiger partial charge in [-0.2, -0.15) is 0 Å². The van der Waals surface area contributed by atoms with Crippen molar-refractivity contribution in [1.29, 1.82) is 0 Å². The molecule has 0 unspecified atom stereocenters. The van der Waals surface area contributed by atoms with Crippen molar-refractivity contribution < 1.29 is 32.6 Å². The maximum Gasteiger partial charge on any atom is 0.573 e. The van der Waals surface area contributed by atoms with Crippen molar-refractivity contribution in [3.63, 3.8) is 0 Å². The number of aliphatic carboxylic acids is 1. The van der Waals surface area contributed by atoms with Gasteiger partial charge in [0.15, 0.2) is 0 Å². The highest BCUT2D eigenvalue weighted by Gasteiger charge is 2.39. The molecule has 3 aromatic rings. The number of pyridine rings is 1. The first kappa shape index (κ1) is 29.2. The Morgan fingerprint density at radius 3 is 2.41 bits per heavy atom. The van der Waals surface area contributed by atoms with Crippen LogP contribution in [0.1, 0.15) is 30.7 Å². The fraction of sp³-hybridized carbons (Fsp3) is 0.464. The molecular weight excluding hydrogens is 563 g/mol. The molecule has 1 aromatic carbocycles. The summed E-state index contributed by atoms with van der Waals surface area (Å²) in [6, 6.07) is 8.05. The molecule has 0 bridgehead atoms. The Hall–Kier alpha value is -3.35. The number of hydrogen-bond acceptors (Lipinski definition) is 6. The van der Waals surface area contributed by atoms with E-state index in [1.165, 1.54) is 18.2 Å². The Kier molecular flexibility index (Phi) is 7.92. The summed E-state index contributed by atoms with van der Waals surface area (Å²) < 4.78 is 44.2. The quantitative estimate of drug-likeness (QED) is 0.443. The van der Waals surface area contributed by atoms with Gasteiger partial charge in [0.05, 0.1) is 24.7 Å². The van der Waals surface area contributed by atoms with Gasteiger partial charge in [0.2, 0.25) is 5.91 Å². The molecule has 9 nitrogen and oxygen atoms in total. The minimum atomic E-state index is -4.85. The topological polar surface area (TPSA) is 91.1 Å². The van der Waals surface area contributed by atoms with Crippen LogP contribution in [0.3, 0.4) is 0 Å². The third kappa shape index (κ3) is 6.44. The number of carbonyl (C=O) groups is 2. The summed E-state index contributed by atoms with van der Waals surface area (Å²) in [7, 11) is 0. The zero-order valence-electron chi connectivity index (χ0n) is 22.7. The van der Waals surface area contributed by atoms with Gasteiger partial charge in [-0.05, 0) is 35.4 Å². The molecule has 220 valence electrons. The van der Waals surface area contributed by atoms with Gasteiger partial charge in [0, 0.05) is 62.0 Å².